The topological polar surface area (TPSA) is 62.3 Å². The first-order valence-electron chi connectivity index (χ1n) is 8.31. The van der Waals surface area contributed by atoms with Crippen LogP contribution in [0.15, 0.2) is 18.2 Å². The second-order valence-electron chi connectivity index (χ2n) is 6.47. The van der Waals surface area contributed by atoms with Gasteiger partial charge in [-0.1, -0.05) is 23.2 Å². The van der Waals surface area contributed by atoms with E-state index in [0.717, 1.165) is 23.4 Å². The highest BCUT2D eigenvalue weighted by Gasteiger charge is 2.29. The predicted molar refractivity (Wildman–Crippen MR) is 105 cm³/mol. The van der Waals surface area contributed by atoms with Gasteiger partial charge in [-0.2, -0.15) is 0 Å². The number of aromatic nitrogens is 1. The molecule has 1 N–H and O–H groups in total. The van der Waals surface area contributed by atoms with Crippen molar-refractivity contribution in [3.05, 3.63) is 44.4 Å². The highest BCUT2D eigenvalue weighted by molar-refractivity contribution is 7.15. The molecule has 2 amide bonds. The molecule has 1 aliphatic carbocycles. The Labute approximate surface area is 166 Å². The van der Waals surface area contributed by atoms with Gasteiger partial charge in [0.15, 0.2) is 5.13 Å². The number of benzene rings is 1. The normalized spacial score (nSPS) is 13.5. The van der Waals surface area contributed by atoms with Gasteiger partial charge in [0, 0.05) is 17.0 Å². The fraction of sp³-hybridized carbons (Fsp3) is 0.389. The Balaban J connectivity index is 1.71. The van der Waals surface area contributed by atoms with Crippen LogP contribution in [-0.2, 0) is 4.79 Å². The van der Waals surface area contributed by atoms with Crippen LogP contribution in [-0.4, -0.2) is 34.8 Å². The van der Waals surface area contributed by atoms with E-state index in [0.29, 0.717) is 33.2 Å². The summed E-state index contributed by atoms with van der Waals surface area (Å²) >= 11 is 13.4. The quantitative estimate of drug-likeness (QED) is 0.757. The molecule has 1 aromatic carbocycles. The van der Waals surface area contributed by atoms with E-state index in [2.05, 4.69) is 10.3 Å². The molecule has 1 aromatic heterocycles. The Morgan fingerprint density at radius 2 is 2.00 bits per heavy atom. The minimum atomic E-state index is -0.257. The number of hydrogen-bond donors (Lipinski definition) is 1. The van der Waals surface area contributed by atoms with Crippen LogP contribution in [0.3, 0.4) is 0 Å². The van der Waals surface area contributed by atoms with E-state index >= 15 is 0 Å². The molecule has 8 heteroatoms. The summed E-state index contributed by atoms with van der Waals surface area (Å²) in [5.74, 6) is -0.0243. The summed E-state index contributed by atoms with van der Waals surface area (Å²) < 4.78 is 0. The van der Waals surface area contributed by atoms with Gasteiger partial charge in [-0.3, -0.25) is 9.59 Å². The Hall–Kier alpha value is -1.63. The zero-order valence-corrected chi connectivity index (χ0v) is 16.8. The maximum absolute atomic E-state index is 12.8. The zero-order chi connectivity index (χ0) is 18.8. The van der Waals surface area contributed by atoms with Gasteiger partial charge in [0.1, 0.15) is 6.54 Å². The van der Waals surface area contributed by atoms with Gasteiger partial charge in [-0.05, 0) is 50.8 Å². The monoisotopic (exact) mass is 411 g/mol. The van der Waals surface area contributed by atoms with E-state index in [1.807, 2.05) is 13.8 Å². The summed E-state index contributed by atoms with van der Waals surface area (Å²) in [7, 11) is 0. The number of rotatable bonds is 6. The van der Waals surface area contributed by atoms with Crippen molar-refractivity contribution in [1.82, 2.24) is 9.88 Å². The number of nitrogens with zero attached hydrogens (tertiary/aromatic N) is 2. The molecule has 0 aliphatic heterocycles. The first-order valence-corrected chi connectivity index (χ1v) is 9.89. The van der Waals surface area contributed by atoms with Crippen molar-refractivity contribution in [1.29, 1.82) is 0 Å². The number of amides is 2. The lowest BCUT2D eigenvalue weighted by molar-refractivity contribution is -0.116. The second kappa shape index (κ2) is 7.94. The van der Waals surface area contributed by atoms with Crippen molar-refractivity contribution in [3.8, 4) is 0 Å². The van der Waals surface area contributed by atoms with Gasteiger partial charge in [-0.15, -0.1) is 11.3 Å². The van der Waals surface area contributed by atoms with Crippen LogP contribution in [0.4, 0.5) is 5.13 Å². The van der Waals surface area contributed by atoms with Gasteiger partial charge in [0.05, 0.1) is 15.7 Å². The molecule has 0 saturated heterocycles. The molecule has 0 bridgehead atoms. The van der Waals surface area contributed by atoms with Crippen LogP contribution >= 0.6 is 34.5 Å². The lowest BCUT2D eigenvalue weighted by Crippen LogP contribution is -2.39. The summed E-state index contributed by atoms with van der Waals surface area (Å²) in [5, 5.41) is 4.05. The number of carbonyl (C=O) groups is 2. The van der Waals surface area contributed by atoms with Crippen LogP contribution in [0.25, 0.3) is 0 Å². The lowest BCUT2D eigenvalue weighted by Gasteiger charge is -2.22. The van der Waals surface area contributed by atoms with E-state index in [4.69, 9.17) is 23.2 Å². The van der Waals surface area contributed by atoms with E-state index in [9.17, 15) is 9.59 Å². The Morgan fingerprint density at radius 1 is 1.27 bits per heavy atom. The standard InChI is InChI=1S/C18H19Cl2N3O2S/c1-10-11(2)26-18(21-10)22-16(24)9-23(8-12-3-4-12)17(25)13-5-6-14(19)15(20)7-13/h5-7,12H,3-4,8-9H2,1-2H3,(H,21,22,24). The number of hydrogen-bond acceptors (Lipinski definition) is 4. The number of nitrogens with one attached hydrogen (secondary N) is 1. The lowest BCUT2D eigenvalue weighted by atomic mass is 10.2. The summed E-state index contributed by atoms with van der Waals surface area (Å²) in [6, 6.07) is 4.76. The van der Waals surface area contributed by atoms with Crippen LogP contribution in [0.2, 0.25) is 10.0 Å². The minimum absolute atomic E-state index is 0.0206. The number of halogens is 2. The van der Waals surface area contributed by atoms with Crippen molar-refractivity contribution in [2.45, 2.75) is 26.7 Å². The number of anilines is 1. The molecule has 0 unspecified atom stereocenters. The highest BCUT2D eigenvalue weighted by atomic mass is 35.5. The average molecular weight is 412 g/mol. The summed E-state index contributed by atoms with van der Waals surface area (Å²) in [4.78, 5) is 32.2. The first kappa shape index (κ1) is 19.1. The fourth-order valence-corrected chi connectivity index (χ4v) is 3.63. The third-order valence-electron chi connectivity index (χ3n) is 4.24. The number of carbonyl (C=O) groups excluding carboxylic acids is 2. The van der Waals surface area contributed by atoms with Gasteiger partial charge in [-0.25, -0.2) is 4.98 Å². The summed E-state index contributed by atoms with van der Waals surface area (Å²) in [6.07, 6.45) is 2.16. The van der Waals surface area contributed by atoms with Crippen LogP contribution in [0.5, 0.6) is 0 Å². The molecule has 1 aliphatic rings. The van der Waals surface area contributed by atoms with E-state index in [1.165, 1.54) is 17.4 Å². The molecule has 1 fully saturated rings. The Bertz CT molecular complexity index is 829. The largest absolute Gasteiger partial charge is 0.329 e. The number of thiazole rings is 1. The van der Waals surface area contributed by atoms with Gasteiger partial charge in [0.2, 0.25) is 5.91 Å². The maximum atomic E-state index is 12.8. The Morgan fingerprint density at radius 3 is 2.58 bits per heavy atom. The molecule has 26 heavy (non-hydrogen) atoms. The molecular formula is C18H19Cl2N3O2S. The maximum Gasteiger partial charge on any atom is 0.254 e. The zero-order valence-electron chi connectivity index (χ0n) is 14.5. The van der Waals surface area contributed by atoms with Crippen molar-refractivity contribution < 1.29 is 9.59 Å². The third kappa shape index (κ3) is 4.75. The fourth-order valence-electron chi connectivity index (χ4n) is 2.50. The molecule has 3 rings (SSSR count). The van der Waals surface area contributed by atoms with E-state index in [-0.39, 0.29) is 18.4 Å². The minimum Gasteiger partial charge on any atom is -0.329 e. The van der Waals surface area contributed by atoms with Crippen LogP contribution in [0.1, 0.15) is 33.8 Å². The summed E-state index contributed by atoms with van der Waals surface area (Å²) in [5.41, 5.74) is 1.32. The summed E-state index contributed by atoms with van der Waals surface area (Å²) in [6.45, 7) is 4.39. The molecule has 0 atom stereocenters. The van der Waals surface area contributed by atoms with Gasteiger partial charge in [0.25, 0.3) is 5.91 Å². The molecule has 0 spiro atoms. The van der Waals surface area contributed by atoms with Gasteiger partial charge >= 0.3 is 0 Å². The molecule has 0 radical (unpaired) electrons. The van der Waals surface area contributed by atoms with Crippen molar-refractivity contribution >= 4 is 51.5 Å². The molecule has 2 aromatic rings. The predicted octanol–water partition coefficient (Wildman–Crippen LogP) is 4.56. The van der Waals surface area contributed by atoms with Crippen molar-refractivity contribution in [3.63, 3.8) is 0 Å². The van der Waals surface area contributed by atoms with Crippen LogP contribution < -0.4 is 5.32 Å². The molecule has 1 saturated carbocycles. The second-order valence-corrected chi connectivity index (χ2v) is 8.48. The Kier molecular flexibility index (Phi) is 5.85. The molecule has 1 heterocycles. The molecular weight excluding hydrogens is 393 g/mol. The van der Waals surface area contributed by atoms with Crippen molar-refractivity contribution in [2.75, 3.05) is 18.4 Å². The third-order valence-corrected chi connectivity index (χ3v) is 5.97. The van der Waals surface area contributed by atoms with Crippen molar-refractivity contribution in [2.24, 2.45) is 5.92 Å². The van der Waals surface area contributed by atoms with Crippen LogP contribution in [0, 0.1) is 19.8 Å². The van der Waals surface area contributed by atoms with E-state index in [1.54, 1.807) is 17.0 Å². The molecule has 138 valence electrons. The smallest absolute Gasteiger partial charge is 0.254 e. The first-order chi connectivity index (χ1) is 12.3. The highest BCUT2D eigenvalue weighted by Crippen LogP contribution is 2.31. The SMILES string of the molecule is Cc1nc(NC(=O)CN(CC2CC2)C(=O)c2ccc(Cl)c(Cl)c2)sc1C. The van der Waals surface area contributed by atoms with E-state index < -0.39 is 0 Å². The average Bonchev–Trinajstić information content (AvgIpc) is 3.34. The number of aryl methyl sites for hydroxylation is 2. The molecule has 5 nitrogen and oxygen atoms in total. The van der Waals surface area contributed by atoms with Gasteiger partial charge < -0.3 is 10.2 Å².